The molecule has 0 heterocycles. The molecule has 0 aliphatic rings. The van der Waals surface area contributed by atoms with Gasteiger partial charge in [-0.05, 0) is 30.9 Å². The molecule has 0 saturated carbocycles. The molecule has 1 atom stereocenters. The first-order valence-corrected chi connectivity index (χ1v) is 6.49. The van der Waals surface area contributed by atoms with Crippen LogP contribution in [0.3, 0.4) is 0 Å². The zero-order valence-corrected chi connectivity index (χ0v) is 11.2. The Balaban J connectivity index is 2.53. The van der Waals surface area contributed by atoms with E-state index in [1.807, 2.05) is 12.1 Å². The molecule has 17 heavy (non-hydrogen) atoms. The molecule has 3 heteroatoms. The number of aryl methyl sites for hydroxylation is 1. The number of carbonyl (C=O) groups is 1. The minimum atomic E-state index is -0.591. The number of alkyl halides is 1. The van der Waals surface area contributed by atoms with Crippen LogP contribution >= 0.6 is 11.6 Å². The van der Waals surface area contributed by atoms with Crippen molar-refractivity contribution in [1.29, 1.82) is 0 Å². The maximum Gasteiger partial charge on any atom is 0.324 e. The quantitative estimate of drug-likeness (QED) is 0.575. The summed E-state index contributed by atoms with van der Waals surface area (Å²) >= 11 is 5.97. The summed E-state index contributed by atoms with van der Waals surface area (Å²) in [5.74, 6) is -0.341. The largest absolute Gasteiger partial charge is 0.465 e. The third kappa shape index (κ3) is 4.78. The number of halogens is 1. The highest BCUT2D eigenvalue weighted by molar-refractivity contribution is 6.30. The molecule has 2 nitrogen and oxygen atoms in total. The molecule has 0 N–H and O–H groups in total. The van der Waals surface area contributed by atoms with Gasteiger partial charge < -0.3 is 4.74 Å². The van der Waals surface area contributed by atoms with Crippen molar-refractivity contribution in [3.05, 3.63) is 35.4 Å². The van der Waals surface area contributed by atoms with Crippen molar-refractivity contribution in [3.8, 4) is 0 Å². The summed E-state index contributed by atoms with van der Waals surface area (Å²) in [6.07, 6.45) is 2.75. The summed E-state index contributed by atoms with van der Waals surface area (Å²) in [6.45, 7) is 4.31. The maximum atomic E-state index is 11.4. The lowest BCUT2D eigenvalue weighted by atomic mass is 10.0. The van der Waals surface area contributed by atoms with Crippen LogP contribution in [-0.4, -0.2) is 18.0 Å². The average molecular weight is 255 g/mol. The maximum absolute atomic E-state index is 11.4. The van der Waals surface area contributed by atoms with E-state index in [1.54, 1.807) is 6.92 Å². The third-order valence-corrected chi connectivity index (χ3v) is 2.85. The fourth-order valence-electron chi connectivity index (χ4n) is 1.65. The first-order valence-electron chi connectivity index (χ1n) is 6.05. The lowest BCUT2D eigenvalue weighted by Crippen LogP contribution is -2.20. The highest BCUT2D eigenvalue weighted by Crippen LogP contribution is 2.12. The number of ether oxygens (including phenoxy) is 1. The van der Waals surface area contributed by atoms with Crippen LogP contribution in [0.15, 0.2) is 24.3 Å². The van der Waals surface area contributed by atoms with E-state index in [-0.39, 0.29) is 5.97 Å². The standard InChI is InChI=1S/C14H19ClO2/c1-3-5-11-6-8-12(9-7-11)10-13(15)14(16)17-4-2/h6-9,13H,3-5,10H2,1-2H3. The SMILES string of the molecule is CCCc1ccc(CC(Cl)C(=O)OCC)cc1. The number of carbonyl (C=O) groups excluding carboxylic acids is 1. The summed E-state index contributed by atoms with van der Waals surface area (Å²) in [4.78, 5) is 11.4. The molecule has 0 radical (unpaired) electrons. The van der Waals surface area contributed by atoms with E-state index in [0.717, 1.165) is 18.4 Å². The second kappa shape index (κ2) is 7.33. The molecule has 1 aromatic carbocycles. The summed E-state index contributed by atoms with van der Waals surface area (Å²) in [5.41, 5.74) is 2.39. The average Bonchev–Trinajstić information content (AvgIpc) is 2.32. The van der Waals surface area contributed by atoms with Crippen LogP contribution in [0.25, 0.3) is 0 Å². The van der Waals surface area contributed by atoms with E-state index < -0.39 is 5.38 Å². The van der Waals surface area contributed by atoms with Crippen molar-refractivity contribution in [3.63, 3.8) is 0 Å². The monoisotopic (exact) mass is 254 g/mol. The molecule has 0 saturated heterocycles. The first kappa shape index (κ1) is 14.0. The highest BCUT2D eigenvalue weighted by Gasteiger charge is 2.16. The molecule has 0 spiro atoms. The van der Waals surface area contributed by atoms with Crippen LogP contribution in [0.2, 0.25) is 0 Å². The van der Waals surface area contributed by atoms with Gasteiger partial charge in [-0.1, -0.05) is 37.6 Å². The van der Waals surface area contributed by atoms with Crippen molar-refractivity contribution < 1.29 is 9.53 Å². The van der Waals surface area contributed by atoms with E-state index in [0.29, 0.717) is 13.0 Å². The second-order valence-corrected chi connectivity index (χ2v) is 4.52. The predicted octanol–water partition coefficient (Wildman–Crippen LogP) is 3.35. The van der Waals surface area contributed by atoms with Crippen LogP contribution in [0.5, 0.6) is 0 Å². The van der Waals surface area contributed by atoms with Crippen molar-refractivity contribution in [1.82, 2.24) is 0 Å². The zero-order chi connectivity index (χ0) is 12.7. The van der Waals surface area contributed by atoms with Gasteiger partial charge in [-0.2, -0.15) is 0 Å². The Morgan fingerprint density at radius 2 is 1.82 bits per heavy atom. The smallest absolute Gasteiger partial charge is 0.324 e. The van der Waals surface area contributed by atoms with Gasteiger partial charge in [-0.15, -0.1) is 11.6 Å². The second-order valence-electron chi connectivity index (χ2n) is 3.99. The molecular formula is C14H19ClO2. The van der Waals surface area contributed by atoms with E-state index in [4.69, 9.17) is 16.3 Å². The molecule has 0 aromatic heterocycles. The Hall–Kier alpha value is -1.02. The van der Waals surface area contributed by atoms with E-state index >= 15 is 0 Å². The highest BCUT2D eigenvalue weighted by atomic mass is 35.5. The lowest BCUT2D eigenvalue weighted by Gasteiger charge is -2.09. The van der Waals surface area contributed by atoms with E-state index in [1.165, 1.54) is 5.56 Å². The minimum Gasteiger partial charge on any atom is -0.465 e. The molecule has 1 unspecified atom stereocenters. The molecule has 0 amide bonds. The molecule has 94 valence electrons. The van der Waals surface area contributed by atoms with Gasteiger partial charge in [0.2, 0.25) is 0 Å². The van der Waals surface area contributed by atoms with Gasteiger partial charge >= 0.3 is 5.97 Å². The van der Waals surface area contributed by atoms with Gasteiger partial charge in [-0.3, -0.25) is 4.79 Å². The predicted molar refractivity (Wildman–Crippen MR) is 70.4 cm³/mol. The fourth-order valence-corrected chi connectivity index (χ4v) is 1.89. The van der Waals surface area contributed by atoms with Crippen molar-refractivity contribution in [2.24, 2.45) is 0 Å². The van der Waals surface area contributed by atoms with Gasteiger partial charge in [-0.25, -0.2) is 0 Å². The van der Waals surface area contributed by atoms with Gasteiger partial charge in [0, 0.05) is 0 Å². The molecule has 1 rings (SSSR count). The van der Waals surface area contributed by atoms with Gasteiger partial charge in [0.15, 0.2) is 0 Å². The topological polar surface area (TPSA) is 26.3 Å². The van der Waals surface area contributed by atoms with Crippen molar-refractivity contribution in [2.45, 2.75) is 38.5 Å². The summed E-state index contributed by atoms with van der Waals surface area (Å²) in [5, 5.41) is -0.591. The Morgan fingerprint density at radius 1 is 1.24 bits per heavy atom. The molecule has 0 fully saturated rings. The lowest BCUT2D eigenvalue weighted by molar-refractivity contribution is -0.142. The minimum absolute atomic E-state index is 0.341. The van der Waals surface area contributed by atoms with Crippen molar-refractivity contribution >= 4 is 17.6 Å². The number of hydrogen-bond acceptors (Lipinski definition) is 2. The summed E-state index contributed by atoms with van der Waals surface area (Å²) in [6, 6.07) is 8.24. The van der Waals surface area contributed by atoms with Crippen LogP contribution in [0.1, 0.15) is 31.4 Å². The first-order chi connectivity index (χ1) is 8.17. The molecular weight excluding hydrogens is 236 g/mol. The number of esters is 1. The Morgan fingerprint density at radius 3 is 2.35 bits per heavy atom. The Bertz CT molecular complexity index is 346. The van der Waals surface area contributed by atoms with Crippen LogP contribution in [-0.2, 0) is 22.4 Å². The molecule has 0 aliphatic carbocycles. The van der Waals surface area contributed by atoms with Crippen LogP contribution in [0, 0.1) is 0 Å². The third-order valence-electron chi connectivity index (χ3n) is 2.52. The number of rotatable bonds is 6. The number of hydrogen-bond donors (Lipinski definition) is 0. The van der Waals surface area contributed by atoms with Crippen LogP contribution in [0.4, 0.5) is 0 Å². The van der Waals surface area contributed by atoms with E-state index in [9.17, 15) is 4.79 Å². The normalized spacial score (nSPS) is 12.2. The zero-order valence-electron chi connectivity index (χ0n) is 10.4. The van der Waals surface area contributed by atoms with Gasteiger partial charge in [0.25, 0.3) is 0 Å². The molecule has 1 aromatic rings. The Labute approximate surface area is 108 Å². The van der Waals surface area contributed by atoms with E-state index in [2.05, 4.69) is 19.1 Å². The van der Waals surface area contributed by atoms with Crippen LogP contribution < -0.4 is 0 Å². The summed E-state index contributed by atoms with van der Waals surface area (Å²) in [7, 11) is 0. The van der Waals surface area contributed by atoms with Gasteiger partial charge in [0.1, 0.15) is 5.38 Å². The Kier molecular flexibility index (Phi) is 6.06. The fraction of sp³-hybridized carbons (Fsp3) is 0.500. The summed E-state index contributed by atoms with van der Waals surface area (Å²) < 4.78 is 4.87. The molecule has 0 bridgehead atoms. The number of benzene rings is 1. The van der Waals surface area contributed by atoms with Crippen molar-refractivity contribution in [2.75, 3.05) is 6.61 Å². The molecule has 0 aliphatic heterocycles. The van der Waals surface area contributed by atoms with Gasteiger partial charge in [0.05, 0.1) is 6.61 Å².